The average molecular weight is 783 g/mol. The van der Waals surface area contributed by atoms with Crippen LogP contribution < -0.4 is 15.0 Å². The zero-order valence-electron chi connectivity index (χ0n) is 28.7. The third-order valence-corrected chi connectivity index (χ3v) is 8.46. The van der Waals surface area contributed by atoms with Gasteiger partial charge < -0.3 is 30.1 Å². The Hall–Kier alpha value is -4.85. The lowest BCUT2D eigenvalue weighted by Gasteiger charge is -2.40. The highest BCUT2D eigenvalue weighted by Gasteiger charge is 2.41. The Kier molecular flexibility index (Phi) is 12.3. The van der Waals surface area contributed by atoms with Crippen LogP contribution in [0.5, 0.6) is 5.75 Å². The van der Waals surface area contributed by atoms with Crippen molar-refractivity contribution in [2.24, 2.45) is 5.41 Å². The number of aliphatic hydroxyl groups is 2. The number of aliphatic carboxylic acids is 1. The molecule has 20 heteroatoms. The molecule has 0 bridgehead atoms. The van der Waals surface area contributed by atoms with E-state index in [-0.39, 0.29) is 47.6 Å². The zero-order valence-corrected chi connectivity index (χ0v) is 28.7. The molecule has 0 saturated heterocycles. The highest BCUT2D eigenvalue weighted by Crippen LogP contribution is 2.44. The number of benzene rings is 2. The summed E-state index contributed by atoms with van der Waals surface area (Å²) < 4.78 is 134. The van der Waals surface area contributed by atoms with Crippen molar-refractivity contribution in [1.82, 2.24) is 9.97 Å². The van der Waals surface area contributed by atoms with Crippen molar-refractivity contribution in [3.8, 4) is 5.75 Å². The van der Waals surface area contributed by atoms with Crippen LogP contribution in [0.1, 0.15) is 73.2 Å². The largest absolute Gasteiger partial charge is 0.487 e. The first-order chi connectivity index (χ1) is 24.9. The Morgan fingerprint density at radius 2 is 1.57 bits per heavy atom. The van der Waals surface area contributed by atoms with Gasteiger partial charge in [-0.25, -0.2) is 14.8 Å². The van der Waals surface area contributed by atoms with Gasteiger partial charge in [-0.05, 0) is 74.2 Å². The highest BCUT2D eigenvalue weighted by atomic mass is 19.4. The molecule has 54 heavy (non-hydrogen) atoms. The van der Waals surface area contributed by atoms with Crippen molar-refractivity contribution >= 4 is 23.7 Å². The lowest BCUT2D eigenvalue weighted by atomic mass is 9.89. The van der Waals surface area contributed by atoms with E-state index in [1.54, 1.807) is 6.92 Å². The first kappa shape index (κ1) is 41.9. The Bertz CT molecular complexity index is 1800. The van der Waals surface area contributed by atoms with E-state index in [1.807, 2.05) is 0 Å². The summed E-state index contributed by atoms with van der Waals surface area (Å²) in [6.07, 6.45) is -17.2. The van der Waals surface area contributed by atoms with Crippen molar-refractivity contribution in [3.05, 3.63) is 76.1 Å². The fraction of sp³-hybridized carbons (Fsp3) is 0.471. The van der Waals surface area contributed by atoms with Crippen LogP contribution in [0.3, 0.4) is 0 Å². The van der Waals surface area contributed by atoms with E-state index in [0.29, 0.717) is 12.1 Å². The van der Waals surface area contributed by atoms with E-state index in [2.05, 4.69) is 15.3 Å². The minimum atomic E-state index is -5.16. The maximum Gasteiger partial charge on any atom is 0.416 e. The van der Waals surface area contributed by atoms with Crippen LogP contribution in [0.15, 0.2) is 42.6 Å². The molecule has 2 heterocycles. The van der Waals surface area contributed by atoms with Gasteiger partial charge in [0.05, 0.1) is 52.3 Å². The maximum atomic E-state index is 13.9. The van der Waals surface area contributed by atoms with Crippen LogP contribution in [0.25, 0.3) is 0 Å². The van der Waals surface area contributed by atoms with Gasteiger partial charge in [0, 0.05) is 12.5 Å². The first-order valence-corrected chi connectivity index (χ1v) is 16.2. The number of halogens is 9. The number of carboxylic acids is 1. The van der Waals surface area contributed by atoms with Crippen molar-refractivity contribution in [1.29, 1.82) is 0 Å². The van der Waals surface area contributed by atoms with Gasteiger partial charge in [-0.3, -0.25) is 9.69 Å². The van der Waals surface area contributed by atoms with Crippen LogP contribution in [0.4, 0.5) is 55.9 Å². The van der Waals surface area contributed by atoms with E-state index < -0.39 is 103 Å². The minimum absolute atomic E-state index is 0.0291. The quantitative estimate of drug-likeness (QED) is 0.138. The Morgan fingerprint density at radius 1 is 0.963 bits per heavy atom. The molecular formula is C34H35F9N4O7. The maximum absolute atomic E-state index is 13.9. The number of carbonyl (C=O) groups excluding carboxylic acids is 1. The zero-order chi connectivity index (χ0) is 40.4. The fourth-order valence-electron chi connectivity index (χ4n) is 5.47. The van der Waals surface area contributed by atoms with E-state index in [4.69, 9.17) is 9.47 Å². The molecule has 0 aliphatic carbocycles. The summed E-state index contributed by atoms with van der Waals surface area (Å²) in [5.74, 6) is -1.91. The lowest BCUT2D eigenvalue weighted by molar-refractivity contribution is -0.149. The Morgan fingerprint density at radius 3 is 2.11 bits per heavy atom. The number of hydrogen-bond donors (Lipinski definition) is 4. The van der Waals surface area contributed by atoms with Crippen LogP contribution >= 0.6 is 0 Å². The lowest BCUT2D eigenvalue weighted by Crippen LogP contribution is -2.47. The molecule has 4 rings (SSSR count). The number of fused-ring (bicyclic) bond motifs is 1. The van der Waals surface area contributed by atoms with Crippen LogP contribution in [-0.2, 0) is 34.5 Å². The highest BCUT2D eigenvalue weighted by molar-refractivity contribution is 5.91. The number of aliphatic hydroxyl groups excluding tert-OH is 2. The summed E-state index contributed by atoms with van der Waals surface area (Å²) in [5.41, 5.74) is -6.70. The molecule has 1 aliphatic heterocycles. The molecule has 1 unspecified atom stereocenters. The van der Waals surface area contributed by atoms with Crippen LogP contribution in [0, 0.1) is 5.41 Å². The summed E-state index contributed by atoms with van der Waals surface area (Å²) in [4.78, 5) is 34.3. The fourth-order valence-corrected chi connectivity index (χ4v) is 5.47. The number of hydrogen-bond acceptors (Lipinski definition) is 9. The average Bonchev–Trinajstić information content (AvgIpc) is 3.08. The summed E-state index contributed by atoms with van der Waals surface area (Å²) >= 11 is 0. The third-order valence-electron chi connectivity index (χ3n) is 8.46. The van der Waals surface area contributed by atoms with Gasteiger partial charge in [-0.2, -0.15) is 39.5 Å². The number of anilines is 2. The number of ether oxygens (including phenoxy) is 2. The van der Waals surface area contributed by atoms with E-state index in [9.17, 15) is 64.4 Å². The van der Waals surface area contributed by atoms with Crippen molar-refractivity contribution in [3.63, 3.8) is 0 Å². The smallest absolute Gasteiger partial charge is 0.416 e. The molecule has 4 N–H and O–H groups in total. The van der Waals surface area contributed by atoms with Gasteiger partial charge in [-0.1, -0.05) is 6.92 Å². The van der Waals surface area contributed by atoms with E-state index >= 15 is 0 Å². The van der Waals surface area contributed by atoms with Crippen molar-refractivity contribution < 1.29 is 73.9 Å². The summed E-state index contributed by atoms with van der Waals surface area (Å²) in [7, 11) is 0. The third kappa shape index (κ3) is 10.0. The molecule has 0 fully saturated rings. The number of rotatable bonds is 12. The molecule has 3 aromatic rings. The second-order valence-electron chi connectivity index (χ2n) is 13.1. The van der Waals surface area contributed by atoms with Crippen LogP contribution in [0.2, 0.25) is 0 Å². The number of nitrogens with zero attached hydrogens (tertiary/aromatic N) is 3. The molecule has 1 aliphatic rings. The minimum Gasteiger partial charge on any atom is -0.487 e. The predicted octanol–water partition coefficient (Wildman–Crippen LogP) is 7.25. The van der Waals surface area contributed by atoms with E-state index in [0.717, 1.165) is 29.3 Å². The molecular weight excluding hydrogens is 747 g/mol. The molecule has 3 atom stereocenters. The molecule has 2 aromatic carbocycles. The van der Waals surface area contributed by atoms with Crippen LogP contribution in [-0.4, -0.2) is 69.3 Å². The molecule has 0 spiro atoms. The second kappa shape index (κ2) is 15.9. The SMILES string of the molecule is CC[C@@H]1C[C@H](Nc2ncc(OCC(O)CO)c(Cc3cc(C(F)(F)F)cc(C(F)(F)F)c3)n2)c2cc(C(F)(F)F)ccc2N1C(=O)OCC(C)(C)C(=O)O. The molecule has 11 nitrogen and oxygen atoms in total. The topological polar surface area (TPSA) is 154 Å². The number of amides is 1. The Balaban J connectivity index is 1.78. The normalized spacial score (nSPS) is 17.1. The second-order valence-corrected chi connectivity index (χ2v) is 13.1. The van der Waals surface area contributed by atoms with E-state index in [1.165, 1.54) is 13.8 Å². The summed E-state index contributed by atoms with van der Waals surface area (Å²) in [6.45, 7) is 2.37. The van der Waals surface area contributed by atoms with Gasteiger partial charge in [0.25, 0.3) is 0 Å². The summed E-state index contributed by atoms with van der Waals surface area (Å²) in [5, 5.41) is 31.2. The molecule has 1 aromatic heterocycles. The monoisotopic (exact) mass is 782 g/mol. The van der Waals surface area contributed by atoms with Gasteiger partial charge in [0.15, 0.2) is 5.75 Å². The number of aromatic nitrogens is 2. The van der Waals surface area contributed by atoms with Gasteiger partial charge in [-0.15, -0.1) is 0 Å². The summed E-state index contributed by atoms with van der Waals surface area (Å²) in [6, 6.07) is 1.62. The number of carbonyl (C=O) groups is 2. The molecule has 0 radical (unpaired) electrons. The van der Waals surface area contributed by atoms with Crippen molar-refractivity contribution in [2.45, 2.75) is 76.8 Å². The first-order valence-electron chi connectivity index (χ1n) is 16.2. The molecule has 0 saturated carbocycles. The van der Waals surface area contributed by atoms with Gasteiger partial charge >= 0.3 is 30.6 Å². The van der Waals surface area contributed by atoms with Crippen molar-refractivity contribution in [2.75, 3.05) is 30.0 Å². The molecule has 296 valence electrons. The molecule has 1 amide bonds. The number of carboxylic acid groups (broad SMARTS) is 1. The van der Waals surface area contributed by atoms with Gasteiger partial charge in [0.2, 0.25) is 5.95 Å². The number of nitrogens with one attached hydrogen (secondary N) is 1. The predicted molar refractivity (Wildman–Crippen MR) is 172 cm³/mol. The Labute approximate surface area is 301 Å². The van der Waals surface area contributed by atoms with Gasteiger partial charge in [0.1, 0.15) is 19.3 Å². The number of alkyl halides is 9. The standard InChI is InChI=1S/C34H35F9N4O7/c1-4-21-12-24(23-11-18(32(35,36)37)5-6-26(23)47(21)30(52)54-16-31(2,3)28(50)51)45-29-44-13-27(53-15-22(49)14-48)25(46-29)9-17-7-19(33(38,39)40)10-20(8-17)34(41,42)43/h5-8,10-11,13,21-22,24,48-49H,4,9,12,14-16H2,1-3H3,(H,50,51)(H,44,45,46)/t21-,22?,24+/m1/s1.